The lowest BCUT2D eigenvalue weighted by atomic mass is 9.93. The maximum atomic E-state index is 10.1. The van der Waals surface area contributed by atoms with Gasteiger partial charge >= 0.3 is 0 Å². The maximum absolute atomic E-state index is 10.1. The molecule has 0 unspecified atom stereocenters. The van der Waals surface area contributed by atoms with Crippen LogP contribution in [0, 0.1) is 0 Å². The highest BCUT2D eigenvalue weighted by Crippen LogP contribution is 2.32. The third kappa shape index (κ3) is 3.85. The van der Waals surface area contributed by atoms with E-state index in [1.165, 1.54) is 5.56 Å². The minimum absolute atomic E-state index is 0.0211. The van der Waals surface area contributed by atoms with Crippen molar-refractivity contribution < 1.29 is 9.84 Å². The highest BCUT2D eigenvalue weighted by molar-refractivity contribution is 6.30. The van der Waals surface area contributed by atoms with E-state index in [0.717, 1.165) is 17.0 Å². The van der Waals surface area contributed by atoms with Crippen LogP contribution in [0.5, 0.6) is 0 Å². The first-order valence-corrected chi connectivity index (χ1v) is 7.71. The molecule has 0 aromatic heterocycles. The minimum Gasteiger partial charge on any atom is -0.393 e. The largest absolute Gasteiger partial charge is 0.393 e. The van der Waals surface area contributed by atoms with E-state index in [1.807, 2.05) is 42.5 Å². The zero-order chi connectivity index (χ0) is 14.7. The molecule has 21 heavy (non-hydrogen) atoms. The Morgan fingerprint density at radius 3 is 2.43 bits per heavy atom. The van der Waals surface area contributed by atoms with Crippen LogP contribution in [0.15, 0.2) is 54.6 Å². The molecule has 0 radical (unpaired) electrons. The second-order valence-corrected chi connectivity index (χ2v) is 6.05. The van der Waals surface area contributed by atoms with Crippen LogP contribution in [0.2, 0.25) is 5.02 Å². The van der Waals surface area contributed by atoms with Gasteiger partial charge in [0.15, 0.2) is 0 Å². The van der Waals surface area contributed by atoms with E-state index >= 15 is 0 Å². The normalized spacial score (nSPS) is 25.7. The summed E-state index contributed by atoms with van der Waals surface area (Å²) < 4.78 is 6.18. The number of aliphatic hydroxyl groups is 1. The van der Waals surface area contributed by atoms with Crippen molar-refractivity contribution >= 4 is 11.6 Å². The highest BCUT2D eigenvalue weighted by atomic mass is 35.5. The van der Waals surface area contributed by atoms with Crippen molar-refractivity contribution in [2.75, 3.05) is 0 Å². The Labute approximate surface area is 130 Å². The van der Waals surface area contributed by atoms with Gasteiger partial charge in [-0.05, 0) is 36.1 Å². The van der Waals surface area contributed by atoms with E-state index < -0.39 is 0 Å². The molecule has 0 aliphatic carbocycles. The Bertz CT molecular complexity index is 568. The van der Waals surface area contributed by atoms with Crippen LogP contribution in [0.1, 0.15) is 30.1 Å². The van der Waals surface area contributed by atoms with Gasteiger partial charge in [-0.25, -0.2) is 0 Å². The molecule has 1 aliphatic rings. The Kier molecular flexibility index (Phi) is 4.59. The number of rotatable bonds is 3. The van der Waals surface area contributed by atoms with Crippen LogP contribution >= 0.6 is 11.6 Å². The Morgan fingerprint density at radius 2 is 1.71 bits per heavy atom. The molecule has 2 nitrogen and oxygen atoms in total. The van der Waals surface area contributed by atoms with Crippen molar-refractivity contribution in [2.45, 2.75) is 37.6 Å². The third-order valence-electron chi connectivity index (χ3n) is 3.93. The van der Waals surface area contributed by atoms with Gasteiger partial charge in [0, 0.05) is 11.4 Å². The molecule has 1 heterocycles. The van der Waals surface area contributed by atoms with Gasteiger partial charge in [0.2, 0.25) is 0 Å². The third-order valence-corrected chi connectivity index (χ3v) is 4.18. The van der Waals surface area contributed by atoms with E-state index in [-0.39, 0.29) is 18.3 Å². The molecule has 1 fully saturated rings. The summed E-state index contributed by atoms with van der Waals surface area (Å²) in [7, 11) is 0. The molecule has 3 rings (SSSR count). The lowest BCUT2D eigenvalue weighted by molar-refractivity contribution is -0.0967. The van der Waals surface area contributed by atoms with Gasteiger partial charge in [-0.2, -0.15) is 0 Å². The molecular formula is C18H19ClO2. The molecule has 0 saturated carbocycles. The molecule has 0 spiro atoms. The zero-order valence-corrected chi connectivity index (χ0v) is 12.5. The molecule has 2 aromatic carbocycles. The van der Waals surface area contributed by atoms with Gasteiger partial charge in [0.25, 0.3) is 0 Å². The first-order valence-electron chi connectivity index (χ1n) is 7.33. The monoisotopic (exact) mass is 302 g/mol. The zero-order valence-electron chi connectivity index (χ0n) is 11.8. The van der Waals surface area contributed by atoms with E-state index in [2.05, 4.69) is 12.1 Å². The summed E-state index contributed by atoms with van der Waals surface area (Å²) >= 11 is 5.91. The molecule has 1 saturated heterocycles. The lowest BCUT2D eigenvalue weighted by Crippen LogP contribution is -2.32. The van der Waals surface area contributed by atoms with Crippen molar-refractivity contribution in [1.29, 1.82) is 0 Å². The predicted molar refractivity (Wildman–Crippen MR) is 84.5 cm³/mol. The Balaban J connectivity index is 1.70. The molecule has 3 heteroatoms. The summed E-state index contributed by atoms with van der Waals surface area (Å²) in [6.07, 6.45) is 1.87. The number of hydrogen-bond donors (Lipinski definition) is 1. The fraction of sp³-hybridized carbons (Fsp3) is 0.333. The van der Waals surface area contributed by atoms with Crippen molar-refractivity contribution in [3.8, 4) is 0 Å². The fourth-order valence-electron chi connectivity index (χ4n) is 2.89. The van der Waals surface area contributed by atoms with Crippen molar-refractivity contribution in [3.63, 3.8) is 0 Å². The quantitative estimate of drug-likeness (QED) is 0.922. The lowest BCUT2D eigenvalue weighted by Gasteiger charge is -2.33. The van der Waals surface area contributed by atoms with Crippen LogP contribution in [0.3, 0.4) is 0 Å². The SMILES string of the molecule is O[C@@H]1C[C@H](Cc2ccc(Cl)cc2)O[C@H](c2ccccc2)C1. The standard InChI is InChI=1S/C18H19ClO2/c19-15-8-6-13(7-9-15)10-17-11-16(20)12-18(21-17)14-4-2-1-3-5-14/h1-9,16-18,20H,10-12H2/t16-,17+,18+/m1/s1. The van der Waals surface area contributed by atoms with E-state index in [4.69, 9.17) is 16.3 Å². The fourth-order valence-corrected chi connectivity index (χ4v) is 3.01. The minimum atomic E-state index is -0.304. The molecule has 1 N–H and O–H groups in total. The summed E-state index contributed by atoms with van der Waals surface area (Å²) in [5.74, 6) is 0. The Morgan fingerprint density at radius 1 is 1.00 bits per heavy atom. The van der Waals surface area contributed by atoms with Gasteiger partial charge in [-0.15, -0.1) is 0 Å². The molecule has 0 bridgehead atoms. The van der Waals surface area contributed by atoms with Gasteiger partial charge in [-0.3, -0.25) is 0 Å². The number of ether oxygens (including phenoxy) is 1. The molecule has 110 valence electrons. The molecule has 0 amide bonds. The van der Waals surface area contributed by atoms with Gasteiger partial charge in [0.1, 0.15) is 0 Å². The predicted octanol–water partition coefficient (Wildman–Crippen LogP) is 4.16. The highest BCUT2D eigenvalue weighted by Gasteiger charge is 2.29. The van der Waals surface area contributed by atoms with Crippen molar-refractivity contribution in [3.05, 3.63) is 70.7 Å². The molecule has 3 atom stereocenters. The molecule has 1 aliphatic heterocycles. The number of aliphatic hydroxyl groups excluding tert-OH is 1. The van der Waals surface area contributed by atoms with Gasteiger partial charge in [0.05, 0.1) is 18.3 Å². The summed E-state index contributed by atoms with van der Waals surface area (Å²) in [5, 5.41) is 10.9. The smallest absolute Gasteiger partial charge is 0.0853 e. The topological polar surface area (TPSA) is 29.5 Å². The first-order chi connectivity index (χ1) is 10.2. The van der Waals surface area contributed by atoms with Crippen LogP contribution in [-0.2, 0) is 11.2 Å². The van der Waals surface area contributed by atoms with Gasteiger partial charge in [-0.1, -0.05) is 54.1 Å². The summed E-state index contributed by atoms with van der Waals surface area (Å²) in [6, 6.07) is 17.9. The number of hydrogen-bond acceptors (Lipinski definition) is 2. The molecular weight excluding hydrogens is 284 g/mol. The second kappa shape index (κ2) is 6.61. The van der Waals surface area contributed by atoms with E-state index in [1.54, 1.807) is 0 Å². The van der Waals surface area contributed by atoms with Gasteiger partial charge < -0.3 is 9.84 Å². The first kappa shape index (κ1) is 14.6. The number of benzene rings is 2. The average molecular weight is 303 g/mol. The van der Waals surface area contributed by atoms with Crippen molar-refractivity contribution in [1.82, 2.24) is 0 Å². The summed E-state index contributed by atoms with van der Waals surface area (Å²) in [6.45, 7) is 0. The Hall–Kier alpha value is -1.35. The van der Waals surface area contributed by atoms with Crippen LogP contribution < -0.4 is 0 Å². The number of halogens is 1. The summed E-state index contributed by atoms with van der Waals surface area (Å²) in [4.78, 5) is 0. The van der Waals surface area contributed by atoms with Crippen LogP contribution in [-0.4, -0.2) is 17.3 Å². The molecule has 2 aromatic rings. The maximum Gasteiger partial charge on any atom is 0.0853 e. The van der Waals surface area contributed by atoms with Crippen molar-refractivity contribution in [2.24, 2.45) is 0 Å². The summed E-state index contributed by atoms with van der Waals surface area (Å²) in [5.41, 5.74) is 2.32. The van der Waals surface area contributed by atoms with E-state index in [9.17, 15) is 5.11 Å². The second-order valence-electron chi connectivity index (χ2n) is 5.61. The van der Waals surface area contributed by atoms with Crippen LogP contribution in [0.4, 0.5) is 0 Å². The van der Waals surface area contributed by atoms with Crippen LogP contribution in [0.25, 0.3) is 0 Å². The van der Waals surface area contributed by atoms with E-state index in [0.29, 0.717) is 12.8 Å². The average Bonchev–Trinajstić information content (AvgIpc) is 2.50.